The van der Waals surface area contributed by atoms with Crippen molar-refractivity contribution in [1.29, 1.82) is 0 Å². The number of aromatic amines is 1. The van der Waals surface area contributed by atoms with Gasteiger partial charge in [-0.3, -0.25) is 18.9 Å². The summed E-state index contributed by atoms with van der Waals surface area (Å²) in [4.78, 5) is 57.4. The highest BCUT2D eigenvalue weighted by Crippen LogP contribution is 2.66. The molecule has 1 saturated heterocycles. The number of aliphatic hydroxyl groups excluding tert-OH is 1. The highest BCUT2D eigenvalue weighted by molar-refractivity contribution is 7.66. The molecule has 34 heavy (non-hydrogen) atoms. The van der Waals surface area contributed by atoms with Crippen molar-refractivity contribution in [3.05, 3.63) is 16.7 Å². The van der Waals surface area contributed by atoms with Crippen LogP contribution < -0.4 is 11.3 Å². The minimum atomic E-state index is -5.81. The number of rotatable bonds is 8. The van der Waals surface area contributed by atoms with E-state index in [2.05, 4.69) is 28.1 Å². The van der Waals surface area contributed by atoms with E-state index in [1.54, 1.807) is 0 Å². The number of aliphatic hydroxyl groups is 1. The van der Waals surface area contributed by atoms with Crippen LogP contribution in [-0.4, -0.2) is 69.2 Å². The fourth-order valence-corrected chi connectivity index (χ4v) is 5.96. The summed E-state index contributed by atoms with van der Waals surface area (Å²) in [6.45, 7) is -1.20. The summed E-state index contributed by atoms with van der Waals surface area (Å²) in [7, 11) is -17.0. The molecule has 3 heterocycles. The summed E-state index contributed by atoms with van der Waals surface area (Å²) in [5.74, 6) is 1.56. The highest BCUT2D eigenvalue weighted by atomic mass is 31.3. The van der Waals surface area contributed by atoms with Gasteiger partial charge in [-0.05, 0) is 5.92 Å². The summed E-state index contributed by atoms with van der Waals surface area (Å²) in [5.41, 5.74) is 1.52. The largest absolute Gasteiger partial charge is 0.490 e. The minimum Gasteiger partial charge on any atom is -0.387 e. The first-order chi connectivity index (χ1) is 15.5. The first kappa shape index (κ1) is 26.6. The van der Waals surface area contributed by atoms with Gasteiger partial charge in [0.2, 0.25) is 11.7 Å². The Labute approximate surface area is 186 Å². The lowest BCUT2D eigenvalue weighted by atomic mass is 10.0. The number of ether oxygens (including phenoxy) is 1. The third kappa shape index (κ3) is 5.29. The normalized spacial score (nSPS) is 28.9. The first-order valence-corrected chi connectivity index (χ1v) is 13.0. The topological polar surface area (TPSA) is 279 Å². The maximum absolute atomic E-state index is 15.1. The van der Waals surface area contributed by atoms with Gasteiger partial charge in [-0.1, -0.05) is 0 Å². The van der Waals surface area contributed by atoms with Crippen molar-refractivity contribution < 1.29 is 60.6 Å². The summed E-state index contributed by atoms with van der Waals surface area (Å²) < 4.78 is 66.5. The van der Waals surface area contributed by atoms with Gasteiger partial charge in [-0.25, -0.2) is 23.1 Å². The van der Waals surface area contributed by atoms with Crippen LogP contribution in [0.15, 0.2) is 11.1 Å². The molecule has 1 aliphatic heterocycles. The Kier molecular flexibility index (Phi) is 6.94. The van der Waals surface area contributed by atoms with Crippen LogP contribution in [0.3, 0.4) is 0 Å². The van der Waals surface area contributed by atoms with E-state index in [9.17, 15) is 28.5 Å². The molecule has 188 valence electrons. The molecule has 0 amide bonds. The predicted octanol–water partition coefficient (Wildman–Crippen LogP) is -1.57. The molecule has 6 atom stereocenters. The molecule has 22 heteroatoms. The summed E-state index contributed by atoms with van der Waals surface area (Å²) in [6.07, 6.45) is -0.143. The number of halogens is 1. The first-order valence-electron chi connectivity index (χ1n) is 8.50. The van der Waals surface area contributed by atoms with E-state index in [4.69, 9.17) is 31.6 Å². The van der Waals surface area contributed by atoms with Gasteiger partial charge < -0.3 is 35.2 Å². The van der Waals surface area contributed by atoms with Crippen molar-refractivity contribution in [3.8, 4) is 12.3 Å². The summed E-state index contributed by atoms with van der Waals surface area (Å²) in [6, 6.07) is 0. The zero-order valence-corrected chi connectivity index (χ0v) is 18.9. The van der Waals surface area contributed by atoms with Crippen LogP contribution in [0.1, 0.15) is 0 Å². The second kappa shape index (κ2) is 8.88. The number of nitrogen functional groups attached to an aromatic ring is 1. The quantitative estimate of drug-likeness (QED) is 0.145. The molecule has 2 aromatic heterocycles. The van der Waals surface area contributed by atoms with Crippen LogP contribution in [0.2, 0.25) is 0 Å². The number of phosphoric acid groups is 3. The molecule has 1 aliphatic rings. The third-order valence-electron chi connectivity index (χ3n) is 4.19. The van der Waals surface area contributed by atoms with Gasteiger partial charge >= 0.3 is 23.5 Å². The smallest absolute Gasteiger partial charge is 0.387 e. The molecular formula is C12H15FN5O13P3. The number of hydrogen-bond donors (Lipinski definition) is 7. The van der Waals surface area contributed by atoms with Gasteiger partial charge in [0.1, 0.15) is 18.5 Å². The van der Waals surface area contributed by atoms with Gasteiger partial charge in [0, 0.05) is 0 Å². The predicted molar refractivity (Wildman–Crippen MR) is 105 cm³/mol. The average Bonchev–Trinajstić information content (AvgIpc) is 3.18. The minimum absolute atomic E-state index is 0.314. The van der Waals surface area contributed by atoms with Crippen LogP contribution in [0, 0.1) is 12.3 Å². The lowest BCUT2D eigenvalue weighted by molar-refractivity contribution is -0.0895. The highest BCUT2D eigenvalue weighted by Gasteiger charge is 2.57. The third-order valence-corrected chi connectivity index (χ3v) is 8.00. The number of imidazole rings is 1. The molecule has 0 radical (unpaired) electrons. The molecular weight excluding hydrogens is 534 g/mol. The Bertz CT molecular complexity index is 1350. The number of phosphoric ester groups is 1. The van der Waals surface area contributed by atoms with Crippen molar-refractivity contribution in [2.75, 3.05) is 12.3 Å². The molecule has 0 spiro atoms. The van der Waals surface area contributed by atoms with E-state index in [-0.39, 0.29) is 17.1 Å². The molecule has 0 bridgehead atoms. The van der Waals surface area contributed by atoms with Gasteiger partial charge in [0.05, 0.1) is 6.61 Å². The second-order valence-electron chi connectivity index (χ2n) is 6.51. The van der Waals surface area contributed by atoms with Crippen molar-refractivity contribution in [2.24, 2.45) is 0 Å². The van der Waals surface area contributed by atoms with Crippen LogP contribution in [0.5, 0.6) is 0 Å². The van der Waals surface area contributed by atoms with Crippen LogP contribution >= 0.6 is 23.5 Å². The number of terminal acetylenes is 1. The van der Waals surface area contributed by atoms with Gasteiger partial charge in [-0.2, -0.15) is 13.6 Å². The molecule has 0 aliphatic carbocycles. The van der Waals surface area contributed by atoms with E-state index in [0.29, 0.717) is 0 Å². The fourth-order valence-electron chi connectivity index (χ4n) is 2.93. The Hall–Kier alpha value is -2.03. The summed E-state index contributed by atoms with van der Waals surface area (Å²) in [5, 5.41) is 10.2. The van der Waals surface area contributed by atoms with Crippen molar-refractivity contribution in [1.82, 2.24) is 19.5 Å². The fraction of sp³-hybridized carbons (Fsp3) is 0.417. The molecule has 1 fully saturated rings. The lowest BCUT2D eigenvalue weighted by Crippen LogP contribution is -2.41. The number of alkyl halides is 1. The SMILES string of the molecule is C#CC1(n2cnc3c(=O)[nH]c(N)nc32)OC(COP(=O)(O)OP(=O)(O)OP(=O)(O)O)C(O)C1F. The number of hydrogen-bond acceptors (Lipinski definition) is 12. The monoisotopic (exact) mass is 549 g/mol. The lowest BCUT2D eigenvalue weighted by Gasteiger charge is -2.26. The zero-order valence-electron chi connectivity index (χ0n) is 16.2. The number of nitrogens with zero attached hydrogens (tertiary/aromatic N) is 3. The van der Waals surface area contributed by atoms with Crippen LogP contribution in [0.4, 0.5) is 10.3 Å². The van der Waals surface area contributed by atoms with Gasteiger partial charge in [0.15, 0.2) is 17.3 Å². The molecule has 0 saturated carbocycles. The maximum atomic E-state index is 15.1. The van der Waals surface area contributed by atoms with E-state index >= 15 is 4.39 Å². The molecule has 18 nitrogen and oxygen atoms in total. The van der Waals surface area contributed by atoms with Crippen molar-refractivity contribution in [3.63, 3.8) is 0 Å². The van der Waals surface area contributed by atoms with E-state index in [1.165, 1.54) is 0 Å². The molecule has 3 rings (SSSR count). The zero-order chi connectivity index (χ0) is 25.7. The molecule has 0 aromatic carbocycles. The van der Waals surface area contributed by atoms with Crippen LogP contribution in [-0.2, 0) is 37.3 Å². The number of nitrogens with two attached hydrogens (primary N) is 1. The number of nitrogens with one attached hydrogen (secondary N) is 1. The standard InChI is InChI=1S/C12H15FN5O13P3/c1-2-12(18-4-15-6-9(18)16-11(14)17-10(6)20)8(13)7(19)5(29-12)3-28-33(24,25)31-34(26,27)30-32(21,22)23/h1,4-5,7-8,19H,3H2,(H,24,25)(H,26,27)(H2,21,22,23)(H3,14,16,17,20). The van der Waals surface area contributed by atoms with Crippen LogP contribution in [0.25, 0.3) is 11.2 Å². The maximum Gasteiger partial charge on any atom is 0.490 e. The van der Waals surface area contributed by atoms with Crippen molar-refractivity contribution >= 4 is 40.6 Å². The average molecular weight is 549 g/mol. The van der Waals surface area contributed by atoms with E-state index in [0.717, 1.165) is 10.9 Å². The Morgan fingerprint density at radius 3 is 2.53 bits per heavy atom. The second-order valence-corrected chi connectivity index (χ2v) is 10.9. The van der Waals surface area contributed by atoms with Gasteiger partial charge in [-0.15, -0.1) is 6.42 Å². The Morgan fingerprint density at radius 2 is 1.94 bits per heavy atom. The molecule has 6 unspecified atom stereocenters. The summed E-state index contributed by atoms with van der Waals surface area (Å²) >= 11 is 0. The number of fused-ring (bicyclic) bond motifs is 1. The number of anilines is 1. The van der Waals surface area contributed by atoms with Crippen molar-refractivity contribution in [2.45, 2.75) is 24.1 Å². The number of H-pyrrole nitrogens is 1. The Morgan fingerprint density at radius 1 is 1.29 bits per heavy atom. The van der Waals surface area contributed by atoms with E-state index < -0.39 is 59.7 Å². The van der Waals surface area contributed by atoms with Gasteiger partial charge in [0.25, 0.3) is 5.56 Å². The molecule has 8 N–H and O–H groups in total. The van der Waals surface area contributed by atoms with E-state index in [1.807, 2.05) is 5.92 Å². The number of aromatic nitrogens is 4. The molecule has 2 aromatic rings. The Balaban J connectivity index is 1.84.